The third kappa shape index (κ3) is 4.39. The van der Waals surface area contributed by atoms with Crippen LogP contribution in [0.4, 0.5) is 4.39 Å². The van der Waals surface area contributed by atoms with E-state index in [0.717, 1.165) is 22.4 Å². The van der Waals surface area contributed by atoms with Crippen LogP contribution in [0.5, 0.6) is 0 Å². The predicted octanol–water partition coefficient (Wildman–Crippen LogP) is 5.46. The number of halogens is 1. The smallest absolute Gasteiger partial charge is 0.175 e. The van der Waals surface area contributed by atoms with Crippen LogP contribution >= 0.6 is 0 Å². The summed E-state index contributed by atoms with van der Waals surface area (Å²) in [7, 11) is -3.28. The summed E-state index contributed by atoms with van der Waals surface area (Å²) in [5.41, 5.74) is 3.98. The number of sulfone groups is 1. The number of benzene rings is 3. The summed E-state index contributed by atoms with van der Waals surface area (Å²) in [5.74, 6) is 0.321. The van der Waals surface area contributed by atoms with Crippen molar-refractivity contribution >= 4 is 22.0 Å². The van der Waals surface area contributed by atoms with Crippen molar-refractivity contribution < 1.29 is 12.8 Å². The summed E-state index contributed by atoms with van der Waals surface area (Å²) in [6, 6.07) is 22.6. The Kier molecular flexibility index (Phi) is 5.33. The second-order valence-corrected chi connectivity index (χ2v) is 8.91. The number of imidazole rings is 1. The molecule has 150 valence electrons. The van der Waals surface area contributed by atoms with E-state index in [2.05, 4.69) is 4.98 Å². The highest BCUT2D eigenvalue weighted by Gasteiger charge is 2.15. The van der Waals surface area contributed by atoms with Crippen molar-refractivity contribution in [2.45, 2.75) is 4.90 Å². The summed E-state index contributed by atoms with van der Waals surface area (Å²) in [4.78, 5) is 8.24. The van der Waals surface area contributed by atoms with E-state index in [1.807, 2.05) is 42.5 Å². The van der Waals surface area contributed by atoms with Gasteiger partial charge in [-0.15, -0.1) is 0 Å². The van der Waals surface area contributed by atoms with E-state index in [4.69, 9.17) is 4.98 Å². The molecular weight excluding hydrogens is 399 g/mol. The van der Waals surface area contributed by atoms with Crippen LogP contribution in [-0.2, 0) is 9.84 Å². The Morgan fingerprint density at radius 2 is 1.47 bits per heavy atom. The number of H-pyrrole nitrogens is 1. The lowest BCUT2D eigenvalue weighted by Crippen LogP contribution is -1.96. The van der Waals surface area contributed by atoms with Crippen LogP contribution in [0.25, 0.3) is 34.7 Å². The first-order chi connectivity index (χ1) is 14.4. The van der Waals surface area contributed by atoms with E-state index < -0.39 is 9.84 Å². The quantitative estimate of drug-likeness (QED) is 0.468. The number of aromatic amines is 1. The highest BCUT2D eigenvalue weighted by atomic mass is 32.2. The molecular formula is C24H19FN2O2S. The van der Waals surface area contributed by atoms with Crippen molar-refractivity contribution in [2.75, 3.05) is 6.26 Å². The Balaban J connectivity index is 1.78. The molecule has 0 unspecified atom stereocenters. The zero-order valence-electron chi connectivity index (χ0n) is 16.2. The van der Waals surface area contributed by atoms with E-state index in [0.29, 0.717) is 11.5 Å². The average molecular weight is 418 g/mol. The molecule has 0 aliphatic carbocycles. The molecule has 1 N–H and O–H groups in total. The van der Waals surface area contributed by atoms with Crippen LogP contribution in [0.2, 0.25) is 0 Å². The Hall–Kier alpha value is -3.51. The first-order valence-electron chi connectivity index (χ1n) is 9.30. The molecule has 0 saturated carbocycles. The van der Waals surface area contributed by atoms with Gasteiger partial charge < -0.3 is 4.98 Å². The second kappa shape index (κ2) is 8.08. The van der Waals surface area contributed by atoms with Crippen molar-refractivity contribution in [3.8, 4) is 22.5 Å². The van der Waals surface area contributed by atoms with Gasteiger partial charge in [0.1, 0.15) is 11.6 Å². The van der Waals surface area contributed by atoms with Crippen LogP contribution in [0.1, 0.15) is 11.4 Å². The van der Waals surface area contributed by atoms with Crippen LogP contribution in [0.3, 0.4) is 0 Å². The first-order valence-corrected chi connectivity index (χ1v) is 11.2. The molecule has 0 spiro atoms. The largest absolute Gasteiger partial charge is 0.338 e. The molecule has 4 aromatic rings. The van der Waals surface area contributed by atoms with Crippen molar-refractivity contribution in [1.82, 2.24) is 9.97 Å². The minimum atomic E-state index is -3.28. The molecule has 0 fully saturated rings. The Morgan fingerprint density at radius 1 is 0.833 bits per heavy atom. The Labute approximate surface area is 174 Å². The minimum Gasteiger partial charge on any atom is -0.338 e. The van der Waals surface area contributed by atoms with Crippen LogP contribution < -0.4 is 0 Å². The predicted molar refractivity (Wildman–Crippen MR) is 118 cm³/mol. The van der Waals surface area contributed by atoms with Crippen molar-refractivity contribution in [3.05, 3.63) is 96.1 Å². The van der Waals surface area contributed by atoms with Gasteiger partial charge in [0, 0.05) is 17.4 Å². The molecule has 6 heteroatoms. The van der Waals surface area contributed by atoms with Crippen LogP contribution in [-0.4, -0.2) is 24.6 Å². The van der Waals surface area contributed by atoms with Gasteiger partial charge >= 0.3 is 0 Å². The van der Waals surface area contributed by atoms with Crippen molar-refractivity contribution in [2.24, 2.45) is 0 Å². The third-order valence-electron chi connectivity index (χ3n) is 4.64. The molecule has 0 aliphatic rings. The summed E-state index contributed by atoms with van der Waals surface area (Å²) in [5, 5.41) is 0. The molecule has 0 saturated heterocycles. The molecule has 4 rings (SSSR count). The number of rotatable bonds is 5. The second-order valence-electron chi connectivity index (χ2n) is 6.89. The molecule has 0 aliphatic heterocycles. The van der Waals surface area contributed by atoms with Gasteiger partial charge in [0.25, 0.3) is 0 Å². The number of hydrogen-bond donors (Lipinski definition) is 1. The van der Waals surface area contributed by atoms with Crippen LogP contribution in [0, 0.1) is 5.82 Å². The zero-order chi connectivity index (χ0) is 21.1. The first kappa shape index (κ1) is 19.8. The van der Waals surface area contributed by atoms with Gasteiger partial charge in [-0.05, 0) is 48.0 Å². The van der Waals surface area contributed by atoms with Gasteiger partial charge in [-0.25, -0.2) is 17.8 Å². The highest BCUT2D eigenvalue weighted by Crippen LogP contribution is 2.31. The lowest BCUT2D eigenvalue weighted by molar-refractivity contribution is 0.602. The zero-order valence-corrected chi connectivity index (χ0v) is 17.0. The fourth-order valence-corrected chi connectivity index (χ4v) is 3.73. The van der Waals surface area contributed by atoms with E-state index in [9.17, 15) is 12.8 Å². The Bertz CT molecular complexity index is 1290. The minimum absolute atomic E-state index is 0.245. The number of nitrogens with zero attached hydrogens (tertiary/aromatic N) is 1. The van der Waals surface area contributed by atoms with Gasteiger partial charge in [-0.2, -0.15) is 0 Å². The van der Waals surface area contributed by atoms with Crippen molar-refractivity contribution in [3.63, 3.8) is 0 Å². The normalized spacial score (nSPS) is 11.8. The maximum absolute atomic E-state index is 13.4. The lowest BCUT2D eigenvalue weighted by Gasteiger charge is -2.04. The van der Waals surface area contributed by atoms with E-state index >= 15 is 0 Å². The van der Waals surface area contributed by atoms with Crippen molar-refractivity contribution in [1.29, 1.82) is 0 Å². The van der Waals surface area contributed by atoms with Gasteiger partial charge in [0.2, 0.25) is 0 Å². The van der Waals surface area contributed by atoms with E-state index in [1.165, 1.54) is 18.4 Å². The summed E-state index contributed by atoms with van der Waals surface area (Å²) in [6.45, 7) is 0. The number of aromatic nitrogens is 2. The third-order valence-corrected chi connectivity index (χ3v) is 5.77. The molecule has 0 bridgehead atoms. The standard InChI is InChI=1S/C24H19FN2O2S/c1-30(28,29)21-14-10-19(11-15-21)24-23(18-8-12-20(25)13-9-18)26-22(27-24)16-7-17-5-3-2-4-6-17/h2-16H,1H3,(H,26,27). The molecule has 1 heterocycles. The van der Waals surface area contributed by atoms with Gasteiger partial charge in [-0.3, -0.25) is 0 Å². The fraction of sp³-hybridized carbons (Fsp3) is 0.0417. The van der Waals surface area contributed by atoms with Gasteiger partial charge in [0.05, 0.1) is 16.3 Å². The molecule has 0 amide bonds. The fourth-order valence-electron chi connectivity index (χ4n) is 3.10. The van der Waals surface area contributed by atoms with E-state index in [-0.39, 0.29) is 10.7 Å². The Morgan fingerprint density at radius 3 is 2.10 bits per heavy atom. The summed E-state index contributed by atoms with van der Waals surface area (Å²) >= 11 is 0. The lowest BCUT2D eigenvalue weighted by atomic mass is 10.1. The topological polar surface area (TPSA) is 62.8 Å². The summed E-state index contributed by atoms with van der Waals surface area (Å²) < 4.78 is 36.9. The molecule has 0 radical (unpaired) electrons. The SMILES string of the molecule is CS(=O)(=O)c1ccc(-c2nc(C=Cc3ccccc3)[nH]c2-c2ccc(F)cc2)cc1. The molecule has 0 atom stereocenters. The van der Waals surface area contributed by atoms with E-state index in [1.54, 1.807) is 36.4 Å². The average Bonchev–Trinajstić information content (AvgIpc) is 3.17. The maximum Gasteiger partial charge on any atom is 0.175 e. The van der Waals surface area contributed by atoms with Crippen LogP contribution in [0.15, 0.2) is 83.8 Å². The number of nitrogens with one attached hydrogen (secondary N) is 1. The molecule has 1 aromatic heterocycles. The number of hydrogen-bond acceptors (Lipinski definition) is 3. The molecule has 4 nitrogen and oxygen atoms in total. The van der Waals surface area contributed by atoms with Gasteiger partial charge in [-0.1, -0.05) is 48.5 Å². The highest BCUT2D eigenvalue weighted by molar-refractivity contribution is 7.90. The molecule has 3 aromatic carbocycles. The maximum atomic E-state index is 13.4. The van der Waals surface area contributed by atoms with Gasteiger partial charge in [0.15, 0.2) is 9.84 Å². The monoisotopic (exact) mass is 418 g/mol. The molecule has 30 heavy (non-hydrogen) atoms. The summed E-state index contributed by atoms with van der Waals surface area (Å²) in [6.07, 6.45) is 4.99.